The van der Waals surface area contributed by atoms with Crippen molar-refractivity contribution >= 4 is 34.9 Å². The van der Waals surface area contributed by atoms with E-state index in [0.717, 1.165) is 5.56 Å². The fourth-order valence-electron chi connectivity index (χ4n) is 2.07. The molecule has 4 nitrogen and oxygen atoms in total. The molecule has 110 valence electrons. The van der Waals surface area contributed by atoms with Gasteiger partial charge in [0, 0.05) is 12.2 Å². The summed E-state index contributed by atoms with van der Waals surface area (Å²) in [6.07, 6.45) is 0. The van der Waals surface area contributed by atoms with E-state index in [2.05, 4.69) is 21.7 Å². The average Bonchev–Trinajstić information content (AvgIpc) is 2.34. The number of aryl methyl sites for hydroxylation is 2. The van der Waals surface area contributed by atoms with E-state index in [1.165, 1.54) is 23.3 Å². The van der Waals surface area contributed by atoms with Gasteiger partial charge in [-0.2, -0.15) is 0 Å². The maximum atomic E-state index is 11.8. The van der Waals surface area contributed by atoms with Crippen molar-refractivity contribution < 1.29 is 4.79 Å². The molecule has 0 atom stereocenters. The zero-order chi connectivity index (χ0) is 15.4. The second-order valence-corrected chi connectivity index (χ2v) is 5.58. The number of amides is 2. The van der Waals surface area contributed by atoms with Gasteiger partial charge in [0.2, 0.25) is 0 Å². The number of urea groups is 1. The zero-order valence-electron chi connectivity index (χ0n) is 11.7. The van der Waals surface area contributed by atoms with Gasteiger partial charge in [-0.05, 0) is 31.5 Å². The van der Waals surface area contributed by atoms with Crippen molar-refractivity contribution in [3.8, 4) is 0 Å². The lowest BCUT2D eigenvalue weighted by Gasteiger charge is -2.09. The first-order chi connectivity index (χ1) is 9.92. The van der Waals surface area contributed by atoms with Gasteiger partial charge in [-0.25, -0.2) is 9.78 Å². The minimum absolute atomic E-state index is 0.229. The Bertz CT molecular complexity index is 633. The summed E-state index contributed by atoms with van der Waals surface area (Å²) < 4.78 is 0. The lowest BCUT2D eigenvalue weighted by molar-refractivity contribution is 0.251. The fraction of sp³-hybridized carbons (Fsp3) is 0.200. The number of nitrogens with one attached hydrogen (secondary N) is 2. The Hall–Kier alpha value is -1.78. The standard InChI is InChI=1S/C15H15Cl2N3O/c1-9-3-10(2)5-11(4-9)8-18-15(21)19-12-6-13(16)20-14(17)7-12/h3-7H,8H2,1-2H3,(H2,18,19,20,21). The molecule has 1 heterocycles. The first-order valence-electron chi connectivity index (χ1n) is 6.37. The normalized spacial score (nSPS) is 10.3. The number of hydrogen-bond acceptors (Lipinski definition) is 2. The van der Waals surface area contributed by atoms with E-state index in [9.17, 15) is 4.79 Å². The van der Waals surface area contributed by atoms with Crippen LogP contribution in [0.4, 0.5) is 10.5 Å². The SMILES string of the molecule is Cc1cc(C)cc(CNC(=O)Nc2cc(Cl)nc(Cl)c2)c1. The number of carbonyl (C=O) groups excluding carboxylic acids is 1. The quantitative estimate of drug-likeness (QED) is 0.826. The molecule has 0 spiro atoms. The highest BCUT2D eigenvalue weighted by Crippen LogP contribution is 2.18. The number of benzene rings is 1. The predicted molar refractivity (Wildman–Crippen MR) is 86.0 cm³/mol. The smallest absolute Gasteiger partial charge is 0.319 e. The summed E-state index contributed by atoms with van der Waals surface area (Å²) in [5, 5.41) is 5.91. The Labute approximate surface area is 133 Å². The van der Waals surface area contributed by atoms with Crippen LogP contribution in [0.15, 0.2) is 30.3 Å². The van der Waals surface area contributed by atoms with Crippen LogP contribution in [-0.2, 0) is 6.54 Å². The average molecular weight is 324 g/mol. The van der Waals surface area contributed by atoms with Gasteiger partial charge in [-0.3, -0.25) is 0 Å². The first-order valence-corrected chi connectivity index (χ1v) is 7.13. The lowest BCUT2D eigenvalue weighted by Crippen LogP contribution is -2.28. The summed E-state index contributed by atoms with van der Waals surface area (Å²) in [6.45, 7) is 4.50. The van der Waals surface area contributed by atoms with Gasteiger partial charge in [0.15, 0.2) is 0 Å². The Morgan fingerprint density at radius 3 is 2.19 bits per heavy atom. The predicted octanol–water partition coefficient (Wildman–Crippen LogP) is 4.33. The molecule has 0 radical (unpaired) electrons. The zero-order valence-corrected chi connectivity index (χ0v) is 13.2. The summed E-state index contributed by atoms with van der Waals surface area (Å²) in [4.78, 5) is 15.7. The van der Waals surface area contributed by atoms with Crippen LogP contribution in [-0.4, -0.2) is 11.0 Å². The van der Waals surface area contributed by atoms with Crippen LogP contribution in [0.3, 0.4) is 0 Å². The molecule has 0 aliphatic rings. The van der Waals surface area contributed by atoms with Gasteiger partial charge in [0.1, 0.15) is 10.3 Å². The Balaban J connectivity index is 1.95. The molecular weight excluding hydrogens is 309 g/mol. The van der Waals surface area contributed by atoms with Crippen molar-refractivity contribution in [3.05, 3.63) is 57.3 Å². The maximum absolute atomic E-state index is 11.8. The summed E-state index contributed by atoms with van der Waals surface area (Å²) in [7, 11) is 0. The molecule has 0 saturated heterocycles. The van der Waals surface area contributed by atoms with Crippen molar-refractivity contribution in [1.82, 2.24) is 10.3 Å². The van der Waals surface area contributed by atoms with Crippen molar-refractivity contribution in [3.63, 3.8) is 0 Å². The molecule has 0 aliphatic heterocycles. The number of pyridine rings is 1. The molecule has 2 N–H and O–H groups in total. The molecule has 6 heteroatoms. The largest absolute Gasteiger partial charge is 0.334 e. The monoisotopic (exact) mass is 323 g/mol. The van der Waals surface area contributed by atoms with E-state index in [1.54, 1.807) is 0 Å². The highest BCUT2D eigenvalue weighted by Gasteiger charge is 2.05. The topological polar surface area (TPSA) is 54.0 Å². The van der Waals surface area contributed by atoms with E-state index in [1.807, 2.05) is 26.0 Å². The second-order valence-electron chi connectivity index (χ2n) is 4.80. The molecule has 2 aromatic rings. The molecule has 1 aromatic heterocycles. The number of nitrogens with zero attached hydrogens (tertiary/aromatic N) is 1. The third-order valence-electron chi connectivity index (χ3n) is 2.76. The van der Waals surface area contributed by atoms with Crippen LogP contribution in [0.1, 0.15) is 16.7 Å². The van der Waals surface area contributed by atoms with E-state index >= 15 is 0 Å². The molecule has 0 aliphatic carbocycles. The van der Waals surface area contributed by atoms with Gasteiger partial charge < -0.3 is 10.6 Å². The Kier molecular flexibility index (Phi) is 5.04. The fourth-order valence-corrected chi connectivity index (χ4v) is 2.53. The van der Waals surface area contributed by atoms with Gasteiger partial charge in [0.05, 0.1) is 0 Å². The van der Waals surface area contributed by atoms with E-state index in [0.29, 0.717) is 12.2 Å². The van der Waals surface area contributed by atoms with Gasteiger partial charge >= 0.3 is 6.03 Å². The van der Waals surface area contributed by atoms with Gasteiger partial charge in [-0.15, -0.1) is 0 Å². The number of halogens is 2. The molecule has 0 saturated carbocycles. The van der Waals surface area contributed by atoms with Gasteiger partial charge in [-0.1, -0.05) is 52.5 Å². The van der Waals surface area contributed by atoms with Crippen LogP contribution in [0.5, 0.6) is 0 Å². The minimum Gasteiger partial charge on any atom is -0.334 e. The number of carbonyl (C=O) groups is 1. The molecule has 21 heavy (non-hydrogen) atoms. The van der Waals surface area contributed by atoms with Crippen molar-refractivity contribution in [2.24, 2.45) is 0 Å². The van der Waals surface area contributed by atoms with Crippen LogP contribution in [0.2, 0.25) is 10.3 Å². The Morgan fingerprint density at radius 1 is 1.05 bits per heavy atom. The van der Waals surface area contributed by atoms with Crippen LogP contribution >= 0.6 is 23.2 Å². The third-order valence-corrected chi connectivity index (χ3v) is 3.14. The van der Waals surface area contributed by atoms with Crippen LogP contribution < -0.4 is 10.6 Å². The number of rotatable bonds is 3. The first kappa shape index (κ1) is 15.6. The van der Waals surface area contributed by atoms with Gasteiger partial charge in [0.25, 0.3) is 0 Å². The Morgan fingerprint density at radius 2 is 1.62 bits per heavy atom. The van der Waals surface area contributed by atoms with Crippen molar-refractivity contribution in [2.75, 3.05) is 5.32 Å². The van der Waals surface area contributed by atoms with Crippen molar-refractivity contribution in [1.29, 1.82) is 0 Å². The molecule has 2 amide bonds. The molecule has 0 fully saturated rings. The summed E-state index contributed by atoms with van der Waals surface area (Å²) in [6, 6.07) is 8.89. The van der Waals surface area contributed by atoms with E-state index in [-0.39, 0.29) is 16.3 Å². The molecule has 1 aromatic carbocycles. The number of anilines is 1. The molecule has 0 unspecified atom stereocenters. The summed E-state index contributed by atoms with van der Waals surface area (Å²) >= 11 is 11.5. The number of aromatic nitrogens is 1. The number of hydrogen-bond donors (Lipinski definition) is 2. The van der Waals surface area contributed by atoms with E-state index in [4.69, 9.17) is 23.2 Å². The highest BCUT2D eigenvalue weighted by molar-refractivity contribution is 6.32. The lowest BCUT2D eigenvalue weighted by atomic mass is 10.1. The highest BCUT2D eigenvalue weighted by atomic mass is 35.5. The minimum atomic E-state index is -0.326. The summed E-state index contributed by atoms with van der Waals surface area (Å²) in [5.41, 5.74) is 3.88. The van der Waals surface area contributed by atoms with Crippen LogP contribution in [0, 0.1) is 13.8 Å². The van der Waals surface area contributed by atoms with Crippen molar-refractivity contribution in [2.45, 2.75) is 20.4 Å². The van der Waals surface area contributed by atoms with Crippen LogP contribution in [0.25, 0.3) is 0 Å². The third kappa shape index (κ3) is 4.92. The molecular formula is C15H15Cl2N3O. The maximum Gasteiger partial charge on any atom is 0.319 e. The van der Waals surface area contributed by atoms with E-state index < -0.39 is 0 Å². The molecule has 2 rings (SSSR count). The molecule has 0 bridgehead atoms. The second kappa shape index (κ2) is 6.78. The summed E-state index contributed by atoms with van der Waals surface area (Å²) in [5.74, 6) is 0.